The van der Waals surface area contributed by atoms with Crippen molar-refractivity contribution in [2.75, 3.05) is 13.2 Å². The van der Waals surface area contributed by atoms with Crippen molar-refractivity contribution in [3.05, 3.63) is 0 Å². The number of hydrogen-bond acceptors (Lipinski definition) is 3. The molecular formula is C7H11NO3. The van der Waals surface area contributed by atoms with Gasteiger partial charge in [-0.25, -0.2) is 0 Å². The first-order valence-electron chi connectivity index (χ1n) is 3.56. The molecule has 0 aromatic carbocycles. The number of nitrogens with zero attached hydrogens (tertiary/aromatic N) is 1. The molecule has 4 nitrogen and oxygen atoms in total. The van der Waals surface area contributed by atoms with Gasteiger partial charge in [0.2, 0.25) is 0 Å². The molecule has 1 amide bonds. The van der Waals surface area contributed by atoms with Crippen LogP contribution in [-0.4, -0.2) is 36.0 Å². The molecule has 0 saturated carbocycles. The van der Waals surface area contributed by atoms with Crippen LogP contribution in [0.25, 0.3) is 0 Å². The predicted molar refractivity (Wildman–Crippen MR) is 37.8 cm³/mol. The van der Waals surface area contributed by atoms with E-state index >= 15 is 0 Å². The minimum Gasteiger partial charge on any atom is -0.454 e. The quantitative estimate of drug-likeness (QED) is 0.494. The topological polar surface area (TPSA) is 46.6 Å². The smallest absolute Gasteiger partial charge is 0.326 e. The normalized spacial score (nSPS) is 19.0. The minimum atomic E-state index is -0.321. The largest absolute Gasteiger partial charge is 0.454 e. The van der Waals surface area contributed by atoms with E-state index in [2.05, 4.69) is 4.74 Å². The first-order chi connectivity index (χ1) is 5.11. The lowest BCUT2D eigenvalue weighted by molar-refractivity contribution is -0.163. The van der Waals surface area contributed by atoms with Gasteiger partial charge in [0, 0.05) is 6.04 Å². The van der Waals surface area contributed by atoms with Gasteiger partial charge >= 0.3 is 5.97 Å². The summed E-state index contributed by atoms with van der Waals surface area (Å²) in [5.74, 6) is -0.432. The van der Waals surface area contributed by atoms with Gasteiger partial charge < -0.3 is 9.64 Å². The van der Waals surface area contributed by atoms with E-state index in [-0.39, 0.29) is 31.1 Å². The van der Waals surface area contributed by atoms with Crippen molar-refractivity contribution in [1.29, 1.82) is 0 Å². The first-order valence-corrected chi connectivity index (χ1v) is 3.56. The Bertz CT molecular complexity index is 188. The number of rotatable bonds is 1. The van der Waals surface area contributed by atoms with Gasteiger partial charge in [0.05, 0.1) is 0 Å². The van der Waals surface area contributed by atoms with Crippen molar-refractivity contribution in [2.45, 2.75) is 19.9 Å². The van der Waals surface area contributed by atoms with Gasteiger partial charge in [0.25, 0.3) is 5.91 Å². The second-order valence-corrected chi connectivity index (χ2v) is 2.78. The maximum absolute atomic E-state index is 11.0. The van der Waals surface area contributed by atoms with Crippen LogP contribution in [-0.2, 0) is 14.3 Å². The first kappa shape index (κ1) is 8.04. The molecule has 0 N–H and O–H groups in total. The molecule has 62 valence electrons. The van der Waals surface area contributed by atoms with Crippen LogP contribution in [0.2, 0.25) is 0 Å². The second kappa shape index (κ2) is 2.90. The Morgan fingerprint density at radius 3 is 2.55 bits per heavy atom. The maximum atomic E-state index is 11.0. The lowest BCUT2D eigenvalue weighted by Gasteiger charge is -2.28. The van der Waals surface area contributed by atoms with E-state index in [4.69, 9.17) is 0 Å². The minimum absolute atomic E-state index is 0.0790. The Kier molecular flexibility index (Phi) is 2.12. The lowest BCUT2D eigenvalue weighted by atomic mass is 10.3. The third-order valence-electron chi connectivity index (χ3n) is 1.60. The van der Waals surface area contributed by atoms with Gasteiger partial charge in [-0.3, -0.25) is 9.59 Å². The van der Waals surface area contributed by atoms with E-state index in [1.165, 1.54) is 4.90 Å². The molecule has 1 fully saturated rings. The SMILES string of the molecule is CC(C)N1CC(=O)OCC1=O. The molecule has 1 saturated heterocycles. The van der Waals surface area contributed by atoms with Crippen LogP contribution < -0.4 is 0 Å². The van der Waals surface area contributed by atoms with E-state index in [9.17, 15) is 9.59 Å². The van der Waals surface area contributed by atoms with Gasteiger partial charge in [-0.2, -0.15) is 0 Å². The molecule has 11 heavy (non-hydrogen) atoms. The number of amides is 1. The van der Waals surface area contributed by atoms with Crippen LogP contribution in [0.1, 0.15) is 13.8 Å². The maximum Gasteiger partial charge on any atom is 0.326 e. The highest BCUT2D eigenvalue weighted by Crippen LogP contribution is 2.04. The van der Waals surface area contributed by atoms with Gasteiger partial charge in [-0.1, -0.05) is 0 Å². The van der Waals surface area contributed by atoms with Crippen LogP contribution in [0, 0.1) is 0 Å². The van der Waals surface area contributed by atoms with Crippen molar-refractivity contribution in [2.24, 2.45) is 0 Å². The average Bonchev–Trinajstić information content (AvgIpc) is 1.94. The summed E-state index contributed by atoms with van der Waals surface area (Å²) in [7, 11) is 0. The van der Waals surface area contributed by atoms with Crippen molar-refractivity contribution >= 4 is 11.9 Å². The summed E-state index contributed by atoms with van der Waals surface area (Å²) < 4.78 is 4.54. The number of carbonyl (C=O) groups excluding carboxylic acids is 2. The van der Waals surface area contributed by atoms with Crippen LogP contribution in [0.15, 0.2) is 0 Å². The summed E-state index contributed by atoms with van der Waals surface area (Å²) in [6, 6.07) is 0.0790. The standard InChI is InChI=1S/C7H11NO3/c1-5(2)8-3-7(10)11-4-6(8)9/h5H,3-4H2,1-2H3. The highest BCUT2D eigenvalue weighted by atomic mass is 16.5. The molecular weight excluding hydrogens is 146 g/mol. The third kappa shape index (κ3) is 1.69. The molecule has 1 heterocycles. The summed E-state index contributed by atoms with van der Waals surface area (Å²) >= 11 is 0. The molecule has 4 heteroatoms. The summed E-state index contributed by atoms with van der Waals surface area (Å²) in [6.45, 7) is 3.74. The number of hydrogen-bond donors (Lipinski definition) is 0. The Balaban J connectivity index is 2.61. The summed E-state index contributed by atoms with van der Waals surface area (Å²) in [6.07, 6.45) is 0. The number of ether oxygens (including phenoxy) is 1. The van der Waals surface area contributed by atoms with Crippen molar-refractivity contribution in [1.82, 2.24) is 4.90 Å². The molecule has 0 aromatic rings. The molecule has 0 atom stereocenters. The molecule has 0 bridgehead atoms. The zero-order valence-electron chi connectivity index (χ0n) is 6.66. The summed E-state index contributed by atoms with van der Waals surface area (Å²) in [5.41, 5.74) is 0. The molecule has 1 aliphatic heterocycles. The number of morpholine rings is 1. The fraction of sp³-hybridized carbons (Fsp3) is 0.714. The van der Waals surface area contributed by atoms with E-state index in [0.717, 1.165) is 0 Å². The van der Waals surface area contributed by atoms with Gasteiger partial charge in [-0.05, 0) is 13.8 Å². The third-order valence-corrected chi connectivity index (χ3v) is 1.60. The molecule has 0 spiro atoms. The van der Waals surface area contributed by atoms with Crippen LogP contribution >= 0.6 is 0 Å². The van der Waals surface area contributed by atoms with Gasteiger partial charge in [0.15, 0.2) is 6.61 Å². The molecule has 0 unspecified atom stereocenters. The number of esters is 1. The molecule has 0 aliphatic carbocycles. The molecule has 0 radical (unpaired) electrons. The second-order valence-electron chi connectivity index (χ2n) is 2.78. The van der Waals surface area contributed by atoms with Crippen LogP contribution in [0.5, 0.6) is 0 Å². The van der Waals surface area contributed by atoms with E-state index in [1.807, 2.05) is 13.8 Å². The van der Waals surface area contributed by atoms with Crippen LogP contribution in [0.4, 0.5) is 0 Å². The van der Waals surface area contributed by atoms with Crippen molar-refractivity contribution in [3.8, 4) is 0 Å². The van der Waals surface area contributed by atoms with E-state index in [1.54, 1.807) is 0 Å². The number of carbonyl (C=O) groups is 2. The zero-order chi connectivity index (χ0) is 8.43. The summed E-state index contributed by atoms with van der Waals surface area (Å²) in [5, 5.41) is 0. The fourth-order valence-corrected chi connectivity index (χ4v) is 0.969. The Hall–Kier alpha value is -1.06. The Labute approximate surface area is 65.1 Å². The van der Waals surface area contributed by atoms with Gasteiger partial charge in [0.1, 0.15) is 6.54 Å². The molecule has 1 aliphatic rings. The highest BCUT2D eigenvalue weighted by Gasteiger charge is 2.26. The van der Waals surface area contributed by atoms with Crippen molar-refractivity contribution in [3.63, 3.8) is 0 Å². The molecule has 0 aromatic heterocycles. The van der Waals surface area contributed by atoms with E-state index < -0.39 is 0 Å². The number of cyclic esters (lactones) is 1. The molecule has 1 rings (SSSR count). The Morgan fingerprint density at radius 1 is 1.45 bits per heavy atom. The fourth-order valence-electron chi connectivity index (χ4n) is 0.969. The predicted octanol–water partition coefficient (Wildman–Crippen LogP) is -0.220. The summed E-state index contributed by atoms with van der Waals surface area (Å²) in [4.78, 5) is 23.2. The Morgan fingerprint density at radius 2 is 2.09 bits per heavy atom. The van der Waals surface area contributed by atoms with E-state index in [0.29, 0.717) is 0 Å². The van der Waals surface area contributed by atoms with Crippen molar-refractivity contribution < 1.29 is 14.3 Å². The highest BCUT2D eigenvalue weighted by molar-refractivity contribution is 5.88. The zero-order valence-corrected chi connectivity index (χ0v) is 6.66. The monoisotopic (exact) mass is 157 g/mol. The van der Waals surface area contributed by atoms with Crippen LogP contribution in [0.3, 0.4) is 0 Å². The van der Waals surface area contributed by atoms with Gasteiger partial charge in [-0.15, -0.1) is 0 Å². The average molecular weight is 157 g/mol. The lowest BCUT2D eigenvalue weighted by Crippen LogP contribution is -2.47.